The largest absolute Gasteiger partial charge is 0.235 e. The zero-order valence-electron chi connectivity index (χ0n) is 11.5. The summed E-state index contributed by atoms with van der Waals surface area (Å²) in [6.45, 7) is 7.37. The molecule has 1 rings (SSSR count). The Hall–Kier alpha value is -1.86. The molecule has 6 nitrogen and oxygen atoms in total. The molecule has 6 heteroatoms. The molecule has 4 unspecified atom stereocenters. The fraction of sp³-hybridized carbons (Fsp3) is 0.769. The maximum absolute atomic E-state index is 10.7. The van der Waals surface area contributed by atoms with E-state index in [4.69, 9.17) is 0 Å². The van der Waals surface area contributed by atoms with E-state index in [1.807, 2.05) is 20.8 Å². The van der Waals surface area contributed by atoms with Crippen LogP contribution >= 0.6 is 0 Å². The molecule has 1 aliphatic rings. The molecular weight excluding hydrogens is 246 g/mol. The first kappa shape index (κ1) is 15.2. The molecule has 0 aromatic carbocycles. The van der Waals surface area contributed by atoms with Gasteiger partial charge in [-0.05, 0) is 19.3 Å². The van der Waals surface area contributed by atoms with Gasteiger partial charge in [-0.15, -0.1) is 0 Å². The van der Waals surface area contributed by atoms with Crippen LogP contribution in [0.2, 0.25) is 0 Å². The number of aliphatic imine (C=N–C) groups is 3. The van der Waals surface area contributed by atoms with E-state index in [9.17, 15) is 14.4 Å². The predicted molar refractivity (Wildman–Crippen MR) is 67.9 cm³/mol. The van der Waals surface area contributed by atoms with Crippen LogP contribution in [0.15, 0.2) is 15.0 Å². The van der Waals surface area contributed by atoms with Crippen LogP contribution in [-0.2, 0) is 14.4 Å². The molecule has 0 bridgehead atoms. The van der Waals surface area contributed by atoms with Crippen molar-refractivity contribution in [2.45, 2.75) is 51.7 Å². The van der Waals surface area contributed by atoms with Gasteiger partial charge >= 0.3 is 0 Å². The molecule has 0 N–H and O–H groups in total. The van der Waals surface area contributed by atoms with Crippen LogP contribution in [0.4, 0.5) is 0 Å². The Bertz CT molecular complexity index is 497. The van der Waals surface area contributed by atoms with Gasteiger partial charge in [0.1, 0.15) is 0 Å². The van der Waals surface area contributed by atoms with Crippen LogP contribution in [0.1, 0.15) is 34.1 Å². The van der Waals surface area contributed by atoms with Gasteiger partial charge in [0.05, 0.1) is 17.6 Å². The maximum Gasteiger partial charge on any atom is 0.235 e. The topological polar surface area (TPSA) is 88.3 Å². The zero-order chi connectivity index (χ0) is 14.7. The minimum atomic E-state index is -0.836. The standard InChI is InChI=1S/C13H17N3O3/c1-9-5-13(4,16-8-19)11(15-7-18)12(2,3)10(9)14-6-17/h9-11H,5H2,1-4H3. The minimum absolute atomic E-state index is 0.0108. The molecule has 0 aromatic rings. The Kier molecular flexibility index (Phi) is 4.33. The predicted octanol–water partition coefficient (Wildman–Crippen LogP) is 1.56. The molecule has 102 valence electrons. The van der Waals surface area contributed by atoms with Crippen LogP contribution in [-0.4, -0.2) is 35.9 Å². The maximum atomic E-state index is 10.7. The van der Waals surface area contributed by atoms with E-state index in [-0.39, 0.29) is 12.0 Å². The fourth-order valence-electron chi connectivity index (χ4n) is 3.49. The SMILES string of the molecule is CC1CC(C)(N=C=O)C(N=C=O)C(C)(C)C1N=C=O. The van der Waals surface area contributed by atoms with Crippen molar-refractivity contribution >= 4 is 18.2 Å². The Labute approximate surface area is 111 Å². The summed E-state index contributed by atoms with van der Waals surface area (Å²) in [5.74, 6) is 0.0108. The van der Waals surface area contributed by atoms with Gasteiger partial charge in [-0.2, -0.15) is 9.98 Å². The highest BCUT2D eigenvalue weighted by atomic mass is 16.1. The van der Waals surface area contributed by atoms with Crippen molar-refractivity contribution in [3.63, 3.8) is 0 Å². The van der Waals surface area contributed by atoms with E-state index in [0.29, 0.717) is 6.42 Å². The summed E-state index contributed by atoms with van der Waals surface area (Å²) in [5.41, 5.74) is -1.45. The van der Waals surface area contributed by atoms with Crippen LogP contribution in [0.25, 0.3) is 0 Å². The minimum Gasteiger partial charge on any atom is -0.211 e. The normalized spacial score (nSPS) is 36.3. The highest BCUT2D eigenvalue weighted by Gasteiger charge is 2.55. The van der Waals surface area contributed by atoms with Gasteiger partial charge in [-0.25, -0.2) is 19.4 Å². The van der Waals surface area contributed by atoms with E-state index in [2.05, 4.69) is 15.0 Å². The second-order valence-corrected chi connectivity index (χ2v) is 5.85. The monoisotopic (exact) mass is 263 g/mol. The molecule has 1 aliphatic carbocycles. The summed E-state index contributed by atoms with van der Waals surface area (Å²) < 4.78 is 0. The first-order chi connectivity index (χ1) is 8.83. The van der Waals surface area contributed by atoms with Gasteiger partial charge in [0, 0.05) is 5.41 Å². The highest BCUT2D eigenvalue weighted by molar-refractivity contribution is 5.40. The number of isocyanates is 3. The lowest BCUT2D eigenvalue weighted by atomic mass is 9.59. The molecule has 1 fully saturated rings. The summed E-state index contributed by atoms with van der Waals surface area (Å²) in [5, 5.41) is 0. The van der Waals surface area contributed by atoms with Crippen molar-refractivity contribution in [2.75, 3.05) is 0 Å². The fourth-order valence-corrected chi connectivity index (χ4v) is 3.49. The Morgan fingerprint density at radius 2 is 1.58 bits per heavy atom. The van der Waals surface area contributed by atoms with Crippen LogP contribution in [0.3, 0.4) is 0 Å². The number of hydrogen-bond acceptors (Lipinski definition) is 6. The lowest BCUT2D eigenvalue weighted by molar-refractivity contribution is 0.0624. The summed E-state index contributed by atoms with van der Waals surface area (Å²) in [6.07, 6.45) is 5.13. The zero-order valence-corrected chi connectivity index (χ0v) is 11.5. The quantitative estimate of drug-likeness (QED) is 0.571. The van der Waals surface area contributed by atoms with Crippen LogP contribution < -0.4 is 0 Å². The van der Waals surface area contributed by atoms with Crippen molar-refractivity contribution in [2.24, 2.45) is 26.3 Å². The molecule has 0 amide bonds. The van der Waals surface area contributed by atoms with E-state index in [1.165, 1.54) is 6.08 Å². The van der Waals surface area contributed by atoms with Crippen LogP contribution in [0.5, 0.6) is 0 Å². The van der Waals surface area contributed by atoms with Gasteiger partial charge < -0.3 is 0 Å². The van der Waals surface area contributed by atoms with Crippen molar-refractivity contribution < 1.29 is 14.4 Å². The summed E-state index contributed by atoms with van der Waals surface area (Å²) in [7, 11) is 0. The van der Waals surface area contributed by atoms with E-state index in [1.54, 1.807) is 19.1 Å². The molecule has 0 saturated heterocycles. The first-order valence-electron chi connectivity index (χ1n) is 6.06. The molecule has 19 heavy (non-hydrogen) atoms. The Morgan fingerprint density at radius 3 is 2.05 bits per heavy atom. The average Bonchev–Trinajstić information content (AvgIpc) is 2.30. The smallest absolute Gasteiger partial charge is 0.211 e. The number of carbonyl (C=O) groups excluding carboxylic acids is 3. The molecule has 4 atom stereocenters. The first-order valence-corrected chi connectivity index (χ1v) is 6.06. The number of nitrogens with zero attached hydrogens (tertiary/aromatic N) is 3. The molecule has 0 spiro atoms. The molecule has 0 aliphatic heterocycles. The van der Waals surface area contributed by atoms with Gasteiger partial charge in [0.25, 0.3) is 0 Å². The second kappa shape index (κ2) is 5.41. The summed E-state index contributed by atoms with van der Waals surface area (Å²) in [6, 6.07) is -0.917. The molecule has 0 heterocycles. The Balaban J connectivity index is 3.41. The van der Waals surface area contributed by atoms with Crippen molar-refractivity contribution in [3.8, 4) is 0 Å². The highest BCUT2D eigenvalue weighted by Crippen LogP contribution is 2.48. The second-order valence-electron chi connectivity index (χ2n) is 5.85. The summed E-state index contributed by atoms with van der Waals surface area (Å²) in [4.78, 5) is 43.4. The third-order valence-corrected chi connectivity index (χ3v) is 4.00. The number of hydrogen-bond donors (Lipinski definition) is 0. The van der Waals surface area contributed by atoms with Crippen molar-refractivity contribution in [1.82, 2.24) is 0 Å². The lowest BCUT2D eigenvalue weighted by Gasteiger charge is -2.50. The van der Waals surface area contributed by atoms with Crippen molar-refractivity contribution in [3.05, 3.63) is 0 Å². The van der Waals surface area contributed by atoms with Gasteiger partial charge in [0.2, 0.25) is 18.2 Å². The third-order valence-electron chi connectivity index (χ3n) is 4.00. The van der Waals surface area contributed by atoms with Gasteiger partial charge in [-0.3, -0.25) is 0 Å². The Morgan fingerprint density at radius 1 is 1.00 bits per heavy atom. The molecule has 1 saturated carbocycles. The average molecular weight is 263 g/mol. The van der Waals surface area contributed by atoms with Crippen LogP contribution in [0, 0.1) is 11.3 Å². The van der Waals surface area contributed by atoms with Gasteiger partial charge in [-0.1, -0.05) is 20.8 Å². The molecule has 0 radical (unpaired) electrons. The van der Waals surface area contributed by atoms with E-state index in [0.717, 1.165) is 0 Å². The third kappa shape index (κ3) is 2.61. The molecule has 0 aromatic heterocycles. The lowest BCUT2D eigenvalue weighted by Crippen LogP contribution is -2.58. The van der Waals surface area contributed by atoms with E-state index < -0.39 is 17.0 Å². The van der Waals surface area contributed by atoms with E-state index >= 15 is 0 Å². The molecular formula is C13H17N3O3. The number of rotatable bonds is 3. The van der Waals surface area contributed by atoms with Crippen molar-refractivity contribution in [1.29, 1.82) is 0 Å². The summed E-state index contributed by atoms with van der Waals surface area (Å²) >= 11 is 0. The van der Waals surface area contributed by atoms with Gasteiger partial charge in [0.15, 0.2) is 0 Å².